The van der Waals surface area contributed by atoms with Crippen LogP contribution in [0.2, 0.25) is 0 Å². The summed E-state index contributed by atoms with van der Waals surface area (Å²) in [5, 5.41) is 10.8. The van der Waals surface area contributed by atoms with Crippen LogP contribution >= 0.6 is 0 Å². The average Bonchev–Trinajstić information content (AvgIpc) is 2.98. The second-order valence-electron chi connectivity index (χ2n) is 4.59. The van der Waals surface area contributed by atoms with Crippen molar-refractivity contribution in [1.29, 1.82) is 0 Å². The van der Waals surface area contributed by atoms with Gasteiger partial charge in [0.1, 0.15) is 19.2 Å². The smallest absolute Gasteiger partial charge is 0.410 e. The SMILES string of the molecule is O=C(O)CNC(=O)[C@@H]1COC(=O)N1CC1CCOC1. The molecule has 0 aliphatic carbocycles. The first kappa shape index (κ1) is 13.6. The molecule has 0 bridgehead atoms. The lowest BCUT2D eigenvalue weighted by Crippen LogP contribution is -2.48. The van der Waals surface area contributed by atoms with E-state index in [1.807, 2.05) is 0 Å². The Morgan fingerprint density at radius 2 is 2.21 bits per heavy atom. The molecule has 0 aromatic rings. The maximum absolute atomic E-state index is 11.8. The van der Waals surface area contributed by atoms with Gasteiger partial charge in [0.05, 0.1) is 6.61 Å². The van der Waals surface area contributed by atoms with E-state index in [1.54, 1.807) is 0 Å². The molecule has 0 saturated carbocycles. The number of carboxylic acid groups (broad SMARTS) is 1. The third-order valence-electron chi connectivity index (χ3n) is 3.17. The maximum atomic E-state index is 11.8. The van der Waals surface area contributed by atoms with Gasteiger partial charge in [-0.05, 0) is 6.42 Å². The summed E-state index contributed by atoms with van der Waals surface area (Å²) < 4.78 is 10.1. The fourth-order valence-corrected chi connectivity index (χ4v) is 2.16. The van der Waals surface area contributed by atoms with E-state index >= 15 is 0 Å². The van der Waals surface area contributed by atoms with Crippen LogP contribution in [0.15, 0.2) is 0 Å². The van der Waals surface area contributed by atoms with Gasteiger partial charge in [0.2, 0.25) is 5.91 Å². The lowest BCUT2D eigenvalue weighted by molar-refractivity contribution is -0.138. The van der Waals surface area contributed by atoms with E-state index in [-0.39, 0.29) is 12.5 Å². The summed E-state index contributed by atoms with van der Waals surface area (Å²) in [6.07, 6.45) is 0.301. The third kappa shape index (κ3) is 3.34. The van der Waals surface area contributed by atoms with Crippen LogP contribution < -0.4 is 5.32 Å². The van der Waals surface area contributed by atoms with Crippen LogP contribution in [0.1, 0.15) is 6.42 Å². The number of ether oxygens (including phenoxy) is 2. The number of nitrogens with one attached hydrogen (secondary N) is 1. The first-order valence-corrected chi connectivity index (χ1v) is 6.08. The largest absolute Gasteiger partial charge is 0.480 e. The fourth-order valence-electron chi connectivity index (χ4n) is 2.16. The number of carbonyl (C=O) groups excluding carboxylic acids is 2. The van der Waals surface area contributed by atoms with Crippen LogP contribution in [0.5, 0.6) is 0 Å². The van der Waals surface area contributed by atoms with E-state index < -0.39 is 30.6 Å². The second-order valence-corrected chi connectivity index (χ2v) is 4.59. The highest BCUT2D eigenvalue weighted by Crippen LogP contribution is 2.19. The number of nitrogens with zero attached hydrogens (tertiary/aromatic N) is 1. The van der Waals surface area contributed by atoms with Crippen LogP contribution in [-0.2, 0) is 19.1 Å². The molecule has 2 saturated heterocycles. The number of amides is 2. The van der Waals surface area contributed by atoms with Gasteiger partial charge in [-0.15, -0.1) is 0 Å². The van der Waals surface area contributed by atoms with Crippen molar-refractivity contribution in [3.63, 3.8) is 0 Å². The molecular formula is C11H16N2O6. The molecule has 8 heteroatoms. The van der Waals surface area contributed by atoms with Gasteiger partial charge >= 0.3 is 12.1 Å². The van der Waals surface area contributed by atoms with Gasteiger partial charge in [-0.3, -0.25) is 14.5 Å². The van der Waals surface area contributed by atoms with Crippen molar-refractivity contribution >= 4 is 18.0 Å². The molecule has 0 aromatic heterocycles. The second kappa shape index (κ2) is 5.87. The normalized spacial score (nSPS) is 26.3. The molecule has 2 heterocycles. The molecular weight excluding hydrogens is 256 g/mol. The molecule has 2 N–H and O–H groups in total. The predicted molar refractivity (Wildman–Crippen MR) is 61.4 cm³/mol. The zero-order chi connectivity index (χ0) is 13.8. The molecule has 2 fully saturated rings. The van der Waals surface area contributed by atoms with E-state index in [4.69, 9.17) is 14.6 Å². The number of aliphatic carboxylic acids is 1. The van der Waals surface area contributed by atoms with E-state index in [2.05, 4.69) is 5.32 Å². The molecule has 0 spiro atoms. The lowest BCUT2D eigenvalue weighted by Gasteiger charge is -2.22. The Kier molecular flexibility index (Phi) is 4.20. The van der Waals surface area contributed by atoms with Crippen molar-refractivity contribution in [2.24, 2.45) is 5.92 Å². The first-order chi connectivity index (χ1) is 9.08. The Morgan fingerprint density at radius 1 is 1.42 bits per heavy atom. The van der Waals surface area contributed by atoms with Gasteiger partial charge in [-0.1, -0.05) is 0 Å². The summed E-state index contributed by atoms with van der Waals surface area (Å²) in [6.45, 7) is 1.10. The van der Waals surface area contributed by atoms with Crippen molar-refractivity contribution in [2.45, 2.75) is 12.5 Å². The van der Waals surface area contributed by atoms with E-state index in [0.717, 1.165) is 6.42 Å². The minimum absolute atomic E-state index is 0.0438. The number of cyclic esters (lactones) is 1. The third-order valence-corrected chi connectivity index (χ3v) is 3.17. The molecule has 2 rings (SSSR count). The quantitative estimate of drug-likeness (QED) is 0.668. The Hall–Kier alpha value is -1.83. The van der Waals surface area contributed by atoms with Gasteiger partial charge in [0.15, 0.2) is 0 Å². The monoisotopic (exact) mass is 272 g/mol. The Morgan fingerprint density at radius 3 is 2.84 bits per heavy atom. The van der Waals surface area contributed by atoms with Crippen LogP contribution in [0.4, 0.5) is 4.79 Å². The van der Waals surface area contributed by atoms with Gasteiger partial charge in [0.25, 0.3) is 0 Å². The van der Waals surface area contributed by atoms with Crippen LogP contribution in [0.3, 0.4) is 0 Å². The number of hydrogen-bond donors (Lipinski definition) is 2. The van der Waals surface area contributed by atoms with Crippen LogP contribution in [0.25, 0.3) is 0 Å². The van der Waals surface area contributed by atoms with Crippen molar-refractivity contribution in [2.75, 3.05) is 32.9 Å². The fraction of sp³-hybridized carbons (Fsp3) is 0.727. The number of carboxylic acids is 1. The Labute approximate surface area is 109 Å². The van der Waals surface area contributed by atoms with Gasteiger partial charge in [-0.25, -0.2) is 4.79 Å². The molecule has 2 aliphatic rings. The number of hydrogen-bond acceptors (Lipinski definition) is 5. The van der Waals surface area contributed by atoms with Crippen LogP contribution in [0, 0.1) is 5.92 Å². The van der Waals surface area contributed by atoms with Crippen molar-refractivity contribution in [3.8, 4) is 0 Å². The van der Waals surface area contributed by atoms with Crippen molar-refractivity contribution in [1.82, 2.24) is 10.2 Å². The minimum Gasteiger partial charge on any atom is -0.480 e. The highest BCUT2D eigenvalue weighted by molar-refractivity contribution is 5.89. The Bertz CT molecular complexity index is 379. The summed E-state index contributed by atoms with van der Waals surface area (Å²) in [5.41, 5.74) is 0. The molecule has 0 radical (unpaired) electrons. The molecule has 2 atom stereocenters. The molecule has 19 heavy (non-hydrogen) atoms. The zero-order valence-electron chi connectivity index (χ0n) is 10.3. The summed E-state index contributed by atoms with van der Waals surface area (Å²) in [4.78, 5) is 35.1. The van der Waals surface area contributed by atoms with Gasteiger partial charge in [-0.2, -0.15) is 0 Å². The van der Waals surface area contributed by atoms with Gasteiger partial charge < -0.3 is 19.9 Å². The molecule has 1 unspecified atom stereocenters. The van der Waals surface area contributed by atoms with Gasteiger partial charge in [0, 0.05) is 19.1 Å². The first-order valence-electron chi connectivity index (χ1n) is 6.08. The summed E-state index contributed by atoms with van der Waals surface area (Å²) in [5.74, 6) is -1.44. The maximum Gasteiger partial charge on any atom is 0.410 e. The Balaban J connectivity index is 1.92. The highest BCUT2D eigenvalue weighted by atomic mass is 16.6. The molecule has 8 nitrogen and oxygen atoms in total. The predicted octanol–water partition coefficient (Wildman–Crippen LogP) is -0.955. The van der Waals surface area contributed by atoms with E-state index in [0.29, 0.717) is 19.8 Å². The minimum atomic E-state index is -1.13. The molecule has 2 amide bonds. The standard InChI is InChI=1S/C11H16N2O6/c14-9(15)3-12-10(16)8-6-19-11(17)13(8)4-7-1-2-18-5-7/h7-8H,1-6H2,(H,12,16)(H,14,15)/t7?,8-/m0/s1. The lowest BCUT2D eigenvalue weighted by atomic mass is 10.1. The zero-order valence-corrected chi connectivity index (χ0v) is 10.3. The molecule has 0 aromatic carbocycles. The van der Waals surface area contributed by atoms with Crippen molar-refractivity contribution in [3.05, 3.63) is 0 Å². The number of rotatable bonds is 5. The number of carbonyl (C=O) groups is 3. The summed E-state index contributed by atoms with van der Waals surface area (Å²) >= 11 is 0. The van der Waals surface area contributed by atoms with Crippen molar-refractivity contribution < 1.29 is 29.0 Å². The van der Waals surface area contributed by atoms with E-state index in [1.165, 1.54) is 4.90 Å². The highest BCUT2D eigenvalue weighted by Gasteiger charge is 2.39. The van der Waals surface area contributed by atoms with E-state index in [9.17, 15) is 14.4 Å². The molecule has 106 valence electrons. The average molecular weight is 272 g/mol. The molecule has 2 aliphatic heterocycles. The summed E-state index contributed by atoms with van der Waals surface area (Å²) in [6, 6.07) is -0.757. The topological polar surface area (TPSA) is 105 Å². The van der Waals surface area contributed by atoms with Crippen LogP contribution in [-0.4, -0.2) is 66.9 Å². The summed E-state index contributed by atoms with van der Waals surface area (Å²) in [7, 11) is 0.